The normalized spacial score (nSPS) is 13.3. The van der Waals surface area contributed by atoms with Crippen LogP contribution in [0.3, 0.4) is 0 Å². The summed E-state index contributed by atoms with van der Waals surface area (Å²) in [6.07, 6.45) is -2.67. The standard InChI is InChI=1S/C20H24F3N3O/c1-14(16-6-3-7-17(13-16)20(21,22)23)26-19(24-2)25-12-4-5-15-8-10-18(27)11-9-15/h3,6-11,13-14,27H,4-5,12H2,1-2H3,(H2,24,25,26). The summed E-state index contributed by atoms with van der Waals surface area (Å²) in [6.45, 7) is 2.45. The highest BCUT2D eigenvalue weighted by Crippen LogP contribution is 2.30. The highest BCUT2D eigenvalue weighted by atomic mass is 19.4. The monoisotopic (exact) mass is 379 g/mol. The molecule has 0 aliphatic heterocycles. The molecule has 3 N–H and O–H groups in total. The Kier molecular flexibility index (Phi) is 7.10. The number of aliphatic imine (C=N–C) groups is 1. The van der Waals surface area contributed by atoms with Crippen LogP contribution in [0.2, 0.25) is 0 Å². The van der Waals surface area contributed by atoms with Crippen LogP contribution in [0.4, 0.5) is 13.2 Å². The number of rotatable bonds is 6. The first-order valence-electron chi connectivity index (χ1n) is 8.72. The minimum absolute atomic E-state index is 0.241. The van der Waals surface area contributed by atoms with E-state index in [0.29, 0.717) is 18.1 Å². The summed E-state index contributed by atoms with van der Waals surface area (Å²) in [6, 6.07) is 12.0. The Labute approximate surface area is 157 Å². The second-order valence-corrected chi connectivity index (χ2v) is 6.26. The topological polar surface area (TPSA) is 56.7 Å². The predicted molar refractivity (Wildman–Crippen MR) is 101 cm³/mol. The van der Waals surface area contributed by atoms with Crippen LogP contribution < -0.4 is 10.6 Å². The number of benzene rings is 2. The molecule has 0 fully saturated rings. The summed E-state index contributed by atoms with van der Waals surface area (Å²) >= 11 is 0. The zero-order valence-corrected chi connectivity index (χ0v) is 15.3. The highest BCUT2D eigenvalue weighted by Gasteiger charge is 2.30. The van der Waals surface area contributed by atoms with Gasteiger partial charge in [-0.25, -0.2) is 0 Å². The first kappa shape index (κ1) is 20.6. The van der Waals surface area contributed by atoms with Crippen molar-refractivity contribution in [3.8, 4) is 5.75 Å². The Balaban J connectivity index is 1.84. The number of hydrogen-bond donors (Lipinski definition) is 3. The Bertz CT molecular complexity index is 758. The maximum atomic E-state index is 12.9. The molecule has 0 aliphatic rings. The summed E-state index contributed by atoms with van der Waals surface area (Å²) in [5.74, 6) is 0.774. The molecule has 2 rings (SSSR count). The van der Waals surface area contributed by atoms with E-state index < -0.39 is 11.7 Å². The second kappa shape index (κ2) is 9.30. The highest BCUT2D eigenvalue weighted by molar-refractivity contribution is 5.80. The number of aryl methyl sites for hydroxylation is 1. The molecule has 0 radical (unpaired) electrons. The Morgan fingerprint density at radius 3 is 2.48 bits per heavy atom. The summed E-state index contributed by atoms with van der Waals surface area (Å²) in [5.41, 5.74) is 0.997. The number of aromatic hydroxyl groups is 1. The molecule has 27 heavy (non-hydrogen) atoms. The molecule has 0 aromatic heterocycles. The maximum Gasteiger partial charge on any atom is 0.416 e. The largest absolute Gasteiger partial charge is 0.508 e. The molecular weight excluding hydrogens is 355 g/mol. The first-order chi connectivity index (χ1) is 12.8. The lowest BCUT2D eigenvalue weighted by molar-refractivity contribution is -0.137. The van der Waals surface area contributed by atoms with Gasteiger partial charge in [-0.05, 0) is 55.2 Å². The van der Waals surface area contributed by atoms with Crippen LogP contribution in [0.25, 0.3) is 0 Å². The van der Waals surface area contributed by atoms with Gasteiger partial charge in [0.2, 0.25) is 0 Å². The molecular formula is C20H24F3N3O. The number of alkyl halides is 3. The lowest BCUT2D eigenvalue weighted by Gasteiger charge is -2.19. The van der Waals surface area contributed by atoms with Crippen molar-refractivity contribution in [2.24, 2.45) is 4.99 Å². The fourth-order valence-corrected chi connectivity index (χ4v) is 2.63. The number of nitrogens with zero attached hydrogens (tertiary/aromatic N) is 1. The van der Waals surface area contributed by atoms with E-state index >= 15 is 0 Å². The van der Waals surface area contributed by atoms with E-state index in [4.69, 9.17) is 0 Å². The summed E-state index contributed by atoms with van der Waals surface area (Å²) in [5, 5.41) is 15.5. The van der Waals surface area contributed by atoms with E-state index in [0.717, 1.165) is 30.5 Å². The summed E-state index contributed by atoms with van der Waals surface area (Å²) in [4.78, 5) is 4.12. The third kappa shape index (κ3) is 6.51. The molecule has 2 aromatic rings. The molecule has 4 nitrogen and oxygen atoms in total. The van der Waals surface area contributed by atoms with E-state index in [1.54, 1.807) is 32.2 Å². The van der Waals surface area contributed by atoms with Gasteiger partial charge in [0.25, 0.3) is 0 Å². The minimum Gasteiger partial charge on any atom is -0.508 e. The fraction of sp³-hybridized carbons (Fsp3) is 0.350. The van der Waals surface area contributed by atoms with Crippen molar-refractivity contribution in [2.45, 2.75) is 32.0 Å². The lowest BCUT2D eigenvalue weighted by Crippen LogP contribution is -2.39. The minimum atomic E-state index is -4.36. The Hall–Kier alpha value is -2.70. The number of nitrogens with one attached hydrogen (secondary N) is 2. The number of halogens is 3. The molecule has 1 atom stereocenters. The predicted octanol–water partition coefficient (Wildman–Crippen LogP) is 4.27. The van der Waals surface area contributed by atoms with Crippen molar-refractivity contribution in [3.05, 3.63) is 65.2 Å². The average Bonchev–Trinajstić information content (AvgIpc) is 2.65. The van der Waals surface area contributed by atoms with E-state index in [9.17, 15) is 18.3 Å². The van der Waals surface area contributed by atoms with Crippen LogP contribution in [-0.4, -0.2) is 24.7 Å². The van der Waals surface area contributed by atoms with Crippen molar-refractivity contribution >= 4 is 5.96 Å². The molecule has 0 amide bonds. The van der Waals surface area contributed by atoms with E-state index in [1.807, 2.05) is 12.1 Å². The molecule has 2 aromatic carbocycles. The van der Waals surface area contributed by atoms with Gasteiger partial charge in [-0.2, -0.15) is 13.2 Å². The molecule has 0 heterocycles. The van der Waals surface area contributed by atoms with Crippen LogP contribution in [0.15, 0.2) is 53.5 Å². The van der Waals surface area contributed by atoms with Gasteiger partial charge in [0.15, 0.2) is 5.96 Å². The molecule has 0 saturated carbocycles. The molecule has 0 spiro atoms. The Morgan fingerprint density at radius 2 is 1.85 bits per heavy atom. The van der Waals surface area contributed by atoms with E-state index in [-0.39, 0.29) is 11.8 Å². The van der Waals surface area contributed by atoms with Gasteiger partial charge in [0.1, 0.15) is 5.75 Å². The van der Waals surface area contributed by atoms with Gasteiger partial charge in [-0.15, -0.1) is 0 Å². The van der Waals surface area contributed by atoms with Gasteiger partial charge < -0.3 is 15.7 Å². The fourth-order valence-electron chi connectivity index (χ4n) is 2.63. The molecule has 0 aliphatic carbocycles. The van der Waals surface area contributed by atoms with Crippen molar-refractivity contribution in [1.82, 2.24) is 10.6 Å². The third-order valence-corrected chi connectivity index (χ3v) is 4.16. The summed E-state index contributed by atoms with van der Waals surface area (Å²) in [7, 11) is 1.62. The van der Waals surface area contributed by atoms with Gasteiger partial charge in [-0.1, -0.05) is 24.3 Å². The number of guanidine groups is 1. The van der Waals surface area contributed by atoms with Crippen LogP contribution in [0.5, 0.6) is 5.75 Å². The van der Waals surface area contributed by atoms with E-state index in [1.165, 1.54) is 6.07 Å². The zero-order chi connectivity index (χ0) is 19.9. The van der Waals surface area contributed by atoms with Crippen molar-refractivity contribution in [1.29, 1.82) is 0 Å². The molecule has 0 bridgehead atoms. The zero-order valence-electron chi connectivity index (χ0n) is 15.3. The molecule has 0 saturated heterocycles. The molecule has 7 heteroatoms. The number of hydrogen-bond acceptors (Lipinski definition) is 2. The second-order valence-electron chi connectivity index (χ2n) is 6.26. The lowest BCUT2D eigenvalue weighted by atomic mass is 10.1. The maximum absolute atomic E-state index is 12.9. The van der Waals surface area contributed by atoms with Crippen LogP contribution in [0.1, 0.15) is 36.1 Å². The van der Waals surface area contributed by atoms with Crippen molar-refractivity contribution in [2.75, 3.05) is 13.6 Å². The quantitative estimate of drug-likeness (QED) is 0.399. The van der Waals surface area contributed by atoms with E-state index in [2.05, 4.69) is 15.6 Å². The van der Waals surface area contributed by atoms with Crippen LogP contribution in [-0.2, 0) is 12.6 Å². The number of phenols is 1. The van der Waals surface area contributed by atoms with Gasteiger partial charge in [0, 0.05) is 13.6 Å². The van der Waals surface area contributed by atoms with Gasteiger partial charge in [-0.3, -0.25) is 4.99 Å². The first-order valence-corrected chi connectivity index (χ1v) is 8.72. The van der Waals surface area contributed by atoms with Gasteiger partial charge in [0.05, 0.1) is 11.6 Å². The summed E-state index contributed by atoms with van der Waals surface area (Å²) < 4.78 is 38.6. The molecule has 146 valence electrons. The van der Waals surface area contributed by atoms with Crippen molar-refractivity contribution in [3.63, 3.8) is 0 Å². The van der Waals surface area contributed by atoms with Crippen LogP contribution in [0, 0.1) is 0 Å². The molecule has 1 unspecified atom stereocenters. The van der Waals surface area contributed by atoms with Crippen LogP contribution >= 0.6 is 0 Å². The van der Waals surface area contributed by atoms with Gasteiger partial charge >= 0.3 is 6.18 Å². The average molecular weight is 379 g/mol. The third-order valence-electron chi connectivity index (χ3n) is 4.16. The van der Waals surface area contributed by atoms with Crippen molar-refractivity contribution < 1.29 is 18.3 Å². The Morgan fingerprint density at radius 1 is 1.15 bits per heavy atom. The number of phenolic OH excluding ortho intramolecular Hbond substituents is 1. The smallest absolute Gasteiger partial charge is 0.416 e. The SMILES string of the molecule is CN=C(NCCCc1ccc(O)cc1)NC(C)c1cccc(C(F)(F)F)c1.